The van der Waals surface area contributed by atoms with Gasteiger partial charge >= 0.3 is 18.3 Å². The van der Waals surface area contributed by atoms with Crippen LogP contribution in [0.1, 0.15) is 0 Å². The van der Waals surface area contributed by atoms with Crippen molar-refractivity contribution in [2.24, 2.45) is 5.92 Å². The van der Waals surface area contributed by atoms with E-state index in [0.717, 1.165) is 7.11 Å². The lowest BCUT2D eigenvalue weighted by Gasteiger charge is -2.22. The summed E-state index contributed by atoms with van der Waals surface area (Å²) in [6, 6.07) is 0. The molecule has 1 N–H and O–H groups in total. The summed E-state index contributed by atoms with van der Waals surface area (Å²) in [5.41, 5.74) is 0. The summed E-state index contributed by atoms with van der Waals surface area (Å²) in [4.78, 5) is 21.6. The van der Waals surface area contributed by atoms with Gasteiger partial charge in [0.1, 0.15) is 5.38 Å². The highest BCUT2D eigenvalue weighted by molar-refractivity contribution is 6.30. The molecule has 1 unspecified atom stereocenters. The van der Waals surface area contributed by atoms with Crippen molar-refractivity contribution < 1.29 is 40.7 Å². The van der Waals surface area contributed by atoms with Crippen LogP contribution in [0.25, 0.3) is 0 Å². The van der Waals surface area contributed by atoms with E-state index in [1.54, 1.807) is 0 Å². The van der Waals surface area contributed by atoms with Gasteiger partial charge in [-0.1, -0.05) is 0 Å². The number of halogens is 7. The first-order valence-electron chi connectivity index (χ1n) is 4.54. The number of alkyl halides is 7. The van der Waals surface area contributed by atoms with Crippen LogP contribution < -0.4 is 5.32 Å². The number of hydrogen-bond donors (Lipinski definition) is 1. The van der Waals surface area contributed by atoms with Gasteiger partial charge in [0.25, 0.3) is 0 Å². The molecule has 4 nitrogen and oxygen atoms in total. The number of amides is 1. The monoisotopic (exact) mass is 315 g/mol. The third-order valence-electron chi connectivity index (χ3n) is 1.83. The molecule has 1 amide bonds. The first kappa shape index (κ1) is 17.8. The van der Waals surface area contributed by atoms with Gasteiger partial charge in [-0.05, 0) is 0 Å². The van der Waals surface area contributed by atoms with Crippen molar-refractivity contribution >= 4 is 23.5 Å². The number of rotatable bonds is 4. The van der Waals surface area contributed by atoms with Gasteiger partial charge in [0.15, 0.2) is 0 Å². The molecule has 0 fully saturated rings. The highest BCUT2D eigenvalue weighted by Gasteiger charge is 2.61. The molecule has 112 valence electrons. The maximum Gasteiger partial charge on any atom is 0.409 e. The lowest BCUT2D eigenvalue weighted by atomic mass is 10.1. The second-order valence-electron chi connectivity index (χ2n) is 3.25. The first-order chi connectivity index (χ1) is 8.41. The quantitative estimate of drug-likeness (QED) is 0.487. The number of methoxy groups -OCH3 is 1. The van der Waals surface area contributed by atoms with Crippen molar-refractivity contribution in [3.05, 3.63) is 0 Å². The minimum Gasteiger partial charge on any atom is -0.468 e. The van der Waals surface area contributed by atoms with Gasteiger partial charge in [-0.25, -0.2) is 0 Å². The highest BCUT2D eigenvalue weighted by atomic mass is 35.5. The second-order valence-corrected chi connectivity index (χ2v) is 3.78. The molecule has 0 aliphatic carbocycles. The Balaban J connectivity index is 4.74. The Morgan fingerprint density at radius 3 is 1.89 bits per heavy atom. The molecule has 19 heavy (non-hydrogen) atoms. The van der Waals surface area contributed by atoms with Crippen LogP contribution in [-0.4, -0.2) is 43.3 Å². The zero-order valence-corrected chi connectivity index (χ0v) is 9.99. The van der Waals surface area contributed by atoms with Crippen LogP contribution in [0.5, 0.6) is 0 Å². The molecule has 0 aromatic carbocycles. The lowest BCUT2D eigenvalue weighted by molar-refractivity contribution is -0.274. The van der Waals surface area contributed by atoms with Crippen molar-refractivity contribution in [2.45, 2.75) is 17.7 Å². The summed E-state index contributed by atoms with van der Waals surface area (Å²) in [7, 11) is 0.910. The fourth-order valence-corrected chi connectivity index (χ4v) is 1.15. The SMILES string of the molecule is COC(=O)C(Cl)CNC(=O)C(C(F)(F)F)C(F)(F)F. The van der Waals surface area contributed by atoms with Crippen LogP contribution in [0, 0.1) is 5.92 Å². The zero-order valence-electron chi connectivity index (χ0n) is 9.23. The summed E-state index contributed by atoms with van der Waals surface area (Å²) in [5.74, 6) is -7.62. The predicted molar refractivity (Wildman–Crippen MR) is 50.3 cm³/mol. The zero-order chi connectivity index (χ0) is 15.4. The van der Waals surface area contributed by atoms with Gasteiger partial charge in [0.05, 0.1) is 7.11 Å². The number of nitrogens with one attached hydrogen (secondary N) is 1. The molecule has 0 aromatic rings. The summed E-state index contributed by atoms with van der Waals surface area (Å²) >= 11 is 5.26. The minimum absolute atomic E-state index is 0.910. The van der Waals surface area contributed by atoms with Crippen molar-refractivity contribution in [1.82, 2.24) is 5.32 Å². The Hall–Kier alpha value is -1.19. The van der Waals surface area contributed by atoms with Crippen molar-refractivity contribution in [3.8, 4) is 0 Å². The van der Waals surface area contributed by atoms with Crippen LogP contribution in [0.3, 0.4) is 0 Å². The molecule has 0 aliphatic rings. The minimum atomic E-state index is -5.80. The molecular weight excluding hydrogens is 308 g/mol. The average Bonchev–Trinajstić information content (AvgIpc) is 2.20. The summed E-state index contributed by atoms with van der Waals surface area (Å²) in [5, 5.41) is -0.288. The van der Waals surface area contributed by atoms with Crippen molar-refractivity contribution in [2.75, 3.05) is 13.7 Å². The molecule has 11 heteroatoms. The summed E-state index contributed by atoms with van der Waals surface area (Å²) in [6.45, 7) is -0.921. The third-order valence-corrected chi connectivity index (χ3v) is 2.16. The summed E-state index contributed by atoms with van der Waals surface area (Å²) in [6.07, 6.45) is -11.6. The van der Waals surface area contributed by atoms with E-state index in [-0.39, 0.29) is 0 Å². The van der Waals surface area contributed by atoms with E-state index in [2.05, 4.69) is 4.74 Å². The average molecular weight is 316 g/mol. The number of esters is 1. The standard InChI is InChI=1S/C8H8ClF6NO3/c1-19-6(18)3(9)2-16-5(17)4(7(10,11)12)8(13,14)15/h3-4H,2H2,1H3,(H,16,17). The first-order valence-corrected chi connectivity index (χ1v) is 4.98. The Morgan fingerprint density at radius 2 is 1.58 bits per heavy atom. The Labute approximate surface area is 108 Å². The molecule has 0 aromatic heterocycles. The van der Waals surface area contributed by atoms with Crippen LogP contribution >= 0.6 is 11.6 Å². The number of hydrogen-bond acceptors (Lipinski definition) is 3. The van der Waals surface area contributed by atoms with Gasteiger partial charge in [0, 0.05) is 6.54 Å². The normalized spacial score (nSPS) is 14.2. The molecule has 0 spiro atoms. The van der Waals surface area contributed by atoms with Crippen molar-refractivity contribution in [1.29, 1.82) is 0 Å². The Bertz CT molecular complexity index is 328. The van der Waals surface area contributed by atoms with Gasteiger partial charge in [-0.3, -0.25) is 9.59 Å². The second kappa shape index (κ2) is 6.31. The van der Waals surface area contributed by atoms with Gasteiger partial charge in [-0.15, -0.1) is 11.6 Å². The van der Waals surface area contributed by atoms with E-state index in [0.29, 0.717) is 0 Å². The van der Waals surface area contributed by atoms with Crippen LogP contribution in [0.15, 0.2) is 0 Å². The molecule has 0 heterocycles. The van der Waals surface area contributed by atoms with Crippen molar-refractivity contribution in [3.63, 3.8) is 0 Å². The number of carbonyl (C=O) groups is 2. The molecule has 0 radical (unpaired) electrons. The smallest absolute Gasteiger partial charge is 0.409 e. The Morgan fingerprint density at radius 1 is 1.16 bits per heavy atom. The topological polar surface area (TPSA) is 55.4 Å². The number of carbonyl (C=O) groups excluding carboxylic acids is 2. The van der Waals surface area contributed by atoms with E-state index < -0.39 is 42.1 Å². The van der Waals surface area contributed by atoms with E-state index in [1.165, 1.54) is 5.32 Å². The van der Waals surface area contributed by atoms with Gasteiger partial charge in [0.2, 0.25) is 11.8 Å². The van der Waals surface area contributed by atoms with Crippen LogP contribution in [-0.2, 0) is 14.3 Å². The van der Waals surface area contributed by atoms with Crippen LogP contribution in [0.4, 0.5) is 26.3 Å². The lowest BCUT2D eigenvalue weighted by Crippen LogP contribution is -2.49. The maximum atomic E-state index is 12.1. The van der Waals surface area contributed by atoms with Gasteiger partial charge in [-0.2, -0.15) is 26.3 Å². The molecular formula is C8H8ClF6NO3. The van der Waals surface area contributed by atoms with Gasteiger partial charge < -0.3 is 10.1 Å². The highest BCUT2D eigenvalue weighted by Crippen LogP contribution is 2.39. The summed E-state index contributed by atoms with van der Waals surface area (Å²) < 4.78 is 76.7. The molecule has 0 aliphatic heterocycles. The van der Waals surface area contributed by atoms with Crippen LogP contribution in [0.2, 0.25) is 0 Å². The fourth-order valence-electron chi connectivity index (χ4n) is 0.986. The molecule has 0 saturated heterocycles. The van der Waals surface area contributed by atoms with E-state index in [1.807, 2.05) is 0 Å². The number of ether oxygens (including phenoxy) is 1. The largest absolute Gasteiger partial charge is 0.468 e. The predicted octanol–water partition coefficient (Wildman–Crippen LogP) is 1.62. The fraction of sp³-hybridized carbons (Fsp3) is 0.750. The van der Waals surface area contributed by atoms with E-state index >= 15 is 0 Å². The molecule has 1 atom stereocenters. The third kappa shape index (κ3) is 5.53. The molecule has 0 saturated carbocycles. The van der Waals surface area contributed by atoms with E-state index in [4.69, 9.17) is 11.6 Å². The molecule has 0 rings (SSSR count). The maximum absolute atomic E-state index is 12.1. The molecule has 0 bridgehead atoms. The van der Waals surface area contributed by atoms with E-state index in [9.17, 15) is 35.9 Å². The Kier molecular flexibility index (Phi) is 5.91.